The first kappa shape index (κ1) is 27.4. The highest BCUT2D eigenvalue weighted by Crippen LogP contribution is 2.27. The van der Waals surface area contributed by atoms with Crippen LogP contribution in [0.5, 0.6) is 5.75 Å². The van der Waals surface area contributed by atoms with Gasteiger partial charge in [0.1, 0.15) is 11.8 Å². The maximum Gasteiger partial charge on any atom is 0.242 e. The molecule has 0 radical (unpaired) electrons. The summed E-state index contributed by atoms with van der Waals surface area (Å²) in [5.74, 6) is 1.44. The molecule has 0 unspecified atom stereocenters. The standard InChI is InChI=1S/C25H32Cl2N2O3S/c1-4-6-14-28-25(31)23(5-2)29(15-20-21(26)8-7-9-22(20)27)24(30)17-33-16-18-10-12-19(32-3)13-11-18/h7-13,23H,4-6,14-17H2,1-3H3,(H,28,31)/t23-/m0/s1. The Morgan fingerprint density at radius 3 is 2.33 bits per heavy atom. The second-order valence-corrected chi connectivity index (χ2v) is 9.43. The van der Waals surface area contributed by atoms with Gasteiger partial charge in [-0.15, -0.1) is 11.8 Å². The van der Waals surface area contributed by atoms with Crippen molar-refractivity contribution in [3.05, 3.63) is 63.6 Å². The third kappa shape index (κ3) is 8.43. The number of nitrogens with one attached hydrogen (secondary N) is 1. The number of hydrogen-bond acceptors (Lipinski definition) is 4. The predicted octanol–water partition coefficient (Wildman–Crippen LogP) is 5.96. The summed E-state index contributed by atoms with van der Waals surface area (Å²) >= 11 is 14.3. The average Bonchev–Trinajstić information content (AvgIpc) is 2.81. The molecule has 0 aliphatic rings. The van der Waals surface area contributed by atoms with Crippen LogP contribution in [0.1, 0.15) is 44.2 Å². The van der Waals surface area contributed by atoms with Crippen molar-refractivity contribution in [1.29, 1.82) is 0 Å². The number of carbonyl (C=O) groups is 2. The normalized spacial score (nSPS) is 11.7. The lowest BCUT2D eigenvalue weighted by Gasteiger charge is -2.31. The Balaban J connectivity index is 2.15. The molecule has 33 heavy (non-hydrogen) atoms. The number of rotatable bonds is 13. The van der Waals surface area contributed by atoms with Crippen LogP contribution in [-0.2, 0) is 21.9 Å². The number of amides is 2. The molecule has 0 saturated carbocycles. The van der Waals surface area contributed by atoms with E-state index >= 15 is 0 Å². The molecule has 180 valence electrons. The van der Waals surface area contributed by atoms with Gasteiger partial charge in [0.25, 0.3) is 0 Å². The van der Waals surface area contributed by atoms with Gasteiger partial charge in [0.15, 0.2) is 0 Å². The number of thioether (sulfide) groups is 1. The molecule has 1 atom stereocenters. The molecule has 0 aliphatic carbocycles. The number of benzene rings is 2. The van der Waals surface area contributed by atoms with Crippen molar-refractivity contribution >= 4 is 46.8 Å². The summed E-state index contributed by atoms with van der Waals surface area (Å²) in [6, 6.07) is 12.4. The minimum absolute atomic E-state index is 0.123. The van der Waals surface area contributed by atoms with E-state index in [2.05, 4.69) is 12.2 Å². The Bertz CT molecular complexity index is 889. The van der Waals surface area contributed by atoms with Crippen LogP contribution in [0.25, 0.3) is 0 Å². The molecule has 1 N–H and O–H groups in total. The first-order valence-corrected chi connectivity index (χ1v) is 13.0. The lowest BCUT2D eigenvalue weighted by atomic mass is 10.1. The van der Waals surface area contributed by atoms with Crippen molar-refractivity contribution in [2.24, 2.45) is 0 Å². The maximum atomic E-state index is 13.3. The van der Waals surface area contributed by atoms with Gasteiger partial charge in [-0.25, -0.2) is 0 Å². The smallest absolute Gasteiger partial charge is 0.242 e. The third-order valence-corrected chi connectivity index (χ3v) is 6.96. The number of halogens is 2. The van der Waals surface area contributed by atoms with Gasteiger partial charge >= 0.3 is 0 Å². The highest BCUT2D eigenvalue weighted by Gasteiger charge is 2.29. The van der Waals surface area contributed by atoms with Crippen LogP contribution >= 0.6 is 35.0 Å². The molecule has 0 fully saturated rings. The van der Waals surface area contributed by atoms with E-state index in [9.17, 15) is 9.59 Å². The van der Waals surface area contributed by atoms with Gasteiger partial charge in [-0.1, -0.05) is 61.7 Å². The largest absolute Gasteiger partial charge is 0.497 e. The van der Waals surface area contributed by atoms with Crippen molar-refractivity contribution in [3.63, 3.8) is 0 Å². The Morgan fingerprint density at radius 1 is 1.09 bits per heavy atom. The van der Waals surface area contributed by atoms with Gasteiger partial charge in [0.05, 0.1) is 12.9 Å². The lowest BCUT2D eigenvalue weighted by Crippen LogP contribution is -2.49. The van der Waals surface area contributed by atoms with E-state index in [1.54, 1.807) is 30.2 Å². The van der Waals surface area contributed by atoms with Crippen LogP contribution in [-0.4, -0.2) is 42.2 Å². The van der Waals surface area contributed by atoms with Crippen LogP contribution in [0.15, 0.2) is 42.5 Å². The van der Waals surface area contributed by atoms with Gasteiger partial charge in [-0.05, 0) is 42.7 Å². The van der Waals surface area contributed by atoms with E-state index in [-0.39, 0.29) is 24.1 Å². The molecule has 0 saturated heterocycles. The summed E-state index contributed by atoms with van der Waals surface area (Å²) in [5, 5.41) is 3.92. The quantitative estimate of drug-likeness (QED) is 0.337. The Hall–Kier alpha value is -1.89. The summed E-state index contributed by atoms with van der Waals surface area (Å²) in [7, 11) is 1.63. The Labute approximate surface area is 211 Å². The first-order valence-electron chi connectivity index (χ1n) is 11.1. The van der Waals surface area contributed by atoms with E-state index in [4.69, 9.17) is 27.9 Å². The summed E-state index contributed by atoms with van der Waals surface area (Å²) in [6.45, 7) is 4.74. The molecule has 2 aromatic rings. The van der Waals surface area contributed by atoms with E-state index < -0.39 is 6.04 Å². The van der Waals surface area contributed by atoms with Crippen LogP contribution in [0.2, 0.25) is 10.0 Å². The van der Waals surface area contributed by atoms with E-state index in [0.717, 1.165) is 24.2 Å². The van der Waals surface area contributed by atoms with E-state index in [0.29, 0.717) is 34.3 Å². The van der Waals surface area contributed by atoms with Crippen molar-refractivity contribution in [2.45, 2.75) is 51.4 Å². The lowest BCUT2D eigenvalue weighted by molar-refractivity contribution is -0.139. The fourth-order valence-corrected chi connectivity index (χ4v) is 4.73. The average molecular weight is 512 g/mol. The summed E-state index contributed by atoms with van der Waals surface area (Å²) in [5.41, 5.74) is 1.74. The monoisotopic (exact) mass is 510 g/mol. The molecule has 0 bridgehead atoms. The predicted molar refractivity (Wildman–Crippen MR) is 138 cm³/mol. The van der Waals surface area contributed by atoms with Crippen molar-refractivity contribution in [3.8, 4) is 5.75 Å². The SMILES string of the molecule is CCCCNC(=O)[C@H](CC)N(Cc1c(Cl)cccc1Cl)C(=O)CSCc1ccc(OC)cc1. The van der Waals surface area contributed by atoms with Crippen molar-refractivity contribution < 1.29 is 14.3 Å². The summed E-state index contributed by atoms with van der Waals surface area (Å²) < 4.78 is 5.19. The molecule has 0 aromatic heterocycles. The second-order valence-electron chi connectivity index (χ2n) is 7.63. The van der Waals surface area contributed by atoms with Crippen molar-refractivity contribution in [2.75, 3.05) is 19.4 Å². The van der Waals surface area contributed by atoms with Crippen LogP contribution in [0.3, 0.4) is 0 Å². The fraction of sp³-hybridized carbons (Fsp3) is 0.440. The molecule has 0 heterocycles. The highest BCUT2D eigenvalue weighted by atomic mass is 35.5. The van der Waals surface area contributed by atoms with Crippen LogP contribution < -0.4 is 10.1 Å². The molecule has 8 heteroatoms. The van der Waals surface area contributed by atoms with Crippen LogP contribution in [0, 0.1) is 0 Å². The van der Waals surface area contributed by atoms with Gasteiger partial charge in [0, 0.05) is 34.5 Å². The zero-order valence-electron chi connectivity index (χ0n) is 19.4. The molecule has 0 spiro atoms. The molecular formula is C25H32Cl2N2O3S. The minimum Gasteiger partial charge on any atom is -0.497 e. The number of ether oxygens (including phenoxy) is 1. The maximum absolute atomic E-state index is 13.3. The number of methoxy groups -OCH3 is 1. The molecular weight excluding hydrogens is 479 g/mol. The number of hydrogen-bond donors (Lipinski definition) is 1. The molecule has 2 rings (SSSR count). The zero-order chi connectivity index (χ0) is 24.2. The third-order valence-electron chi connectivity index (χ3n) is 5.26. The minimum atomic E-state index is -0.594. The molecule has 0 aliphatic heterocycles. The fourth-order valence-electron chi connectivity index (χ4n) is 3.34. The van der Waals surface area contributed by atoms with E-state index in [1.165, 1.54) is 11.8 Å². The highest BCUT2D eigenvalue weighted by molar-refractivity contribution is 7.99. The van der Waals surface area contributed by atoms with Gasteiger partial charge in [-0.3, -0.25) is 9.59 Å². The van der Waals surface area contributed by atoms with Gasteiger partial charge in [0.2, 0.25) is 11.8 Å². The van der Waals surface area contributed by atoms with Gasteiger partial charge < -0.3 is 15.0 Å². The number of nitrogens with zero attached hydrogens (tertiary/aromatic N) is 1. The first-order chi connectivity index (χ1) is 15.9. The molecule has 5 nitrogen and oxygen atoms in total. The molecule has 2 aromatic carbocycles. The Morgan fingerprint density at radius 2 is 1.76 bits per heavy atom. The van der Waals surface area contributed by atoms with E-state index in [1.807, 2.05) is 31.2 Å². The molecule has 2 amide bonds. The Kier molecular flexibility index (Phi) is 11.9. The topological polar surface area (TPSA) is 58.6 Å². The second kappa shape index (κ2) is 14.4. The van der Waals surface area contributed by atoms with Crippen molar-refractivity contribution in [1.82, 2.24) is 10.2 Å². The number of unbranched alkanes of at least 4 members (excludes halogenated alkanes) is 1. The zero-order valence-corrected chi connectivity index (χ0v) is 21.7. The summed E-state index contributed by atoms with van der Waals surface area (Å²) in [4.78, 5) is 27.8. The van der Waals surface area contributed by atoms with Gasteiger partial charge in [-0.2, -0.15) is 0 Å². The van der Waals surface area contributed by atoms with Crippen LogP contribution in [0.4, 0.5) is 0 Å². The number of carbonyl (C=O) groups excluding carboxylic acids is 2. The summed E-state index contributed by atoms with van der Waals surface area (Å²) in [6.07, 6.45) is 2.37.